The second kappa shape index (κ2) is 9.16. The van der Waals surface area contributed by atoms with Crippen molar-refractivity contribution < 1.29 is 8.95 Å². The average Bonchev–Trinajstić information content (AvgIpc) is 2.09. The summed E-state index contributed by atoms with van der Waals surface area (Å²) in [5, 5.41) is 3.19. The van der Waals surface area contributed by atoms with Crippen LogP contribution >= 0.6 is 0 Å². The van der Waals surface area contributed by atoms with Crippen LogP contribution in [0.3, 0.4) is 0 Å². The highest BCUT2D eigenvalue weighted by Gasteiger charge is 1.97. The van der Waals surface area contributed by atoms with Crippen LogP contribution in [0.2, 0.25) is 0 Å². The molecule has 0 aliphatic rings. The van der Waals surface area contributed by atoms with E-state index in [1.54, 1.807) is 7.11 Å². The van der Waals surface area contributed by atoms with Gasteiger partial charge in [0.25, 0.3) is 0 Å². The molecule has 1 unspecified atom stereocenters. The van der Waals surface area contributed by atoms with Gasteiger partial charge in [-0.15, -0.1) is 0 Å². The molecule has 0 saturated carbocycles. The lowest BCUT2D eigenvalue weighted by molar-refractivity contribution is 0.218. The van der Waals surface area contributed by atoms with Gasteiger partial charge in [-0.2, -0.15) is 0 Å². The zero-order chi connectivity index (χ0) is 9.23. The van der Waals surface area contributed by atoms with Crippen molar-refractivity contribution in [3.63, 3.8) is 0 Å². The summed E-state index contributed by atoms with van der Waals surface area (Å²) in [5.74, 6) is 1.46. The number of hydrogen-bond donors (Lipinski definition) is 1. The van der Waals surface area contributed by atoms with Crippen LogP contribution in [0, 0.1) is 0 Å². The van der Waals surface area contributed by atoms with Crippen molar-refractivity contribution >= 4 is 10.8 Å². The van der Waals surface area contributed by atoms with Crippen LogP contribution in [0.25, 0.3) is 0 Å². The maximum atomic E-state index is 11.2. The molecule has 4 heteroatoms. The molecule has 0 aliphatic carbocycles. The lowest BCUT2D eigenvalue weighted by Crippen LogP contribution is -2.17. The first-order valence-electron chi connectivity index (χ1n) is 4.36. The zero-order valence-electron chi connectivity index (χ0n) is 7.97. The van der Waals surface area contributed by atoms with E-state index in [1.165, 1.54) is 0 Å². The van der Waals surface area contributed by atoms with Crippen molar-refractivity contribution in [2.75, 3.05) is 38.3 Å². The van der Waals surface area contributed by atoms with Crippen molar-refractivity contribution in [3.05, 3.63) is 0 Å². The van der Waals surface area contributed by atoms with Gasteiger partial charge in [0.05, 0.1) is 6.61 Å². The summed E-state index contributed by atoms with van der Waals surface area (Å²) in [4.78, 5) is 0. The first-order valence-corrected chi connectivity index (χ1v) is 5.84. The Morgan fingerprint density at radius 3 is 2.75 bits per heavy atom. The first kappa shape index (κ1) is 12.1. The molecule has 0 saturated heterocycles. The third kappa shape index (κ3) is 8.17. The minimum absolute atomic E-state index is 0.605. The lowest BCUT2D eigenvalue weighted by atomic mass is 10.5. The van der Waals surface area contributed by atoms with Gasteiger partial charge in [-0.3, -0.25) is 4.21 Å². The summed E-state index contributed by atoms with van der Waals surface area (Å²) < 4.78 is 16.0. The molecule has 0 bridgehead atoms. The number of methoxy groups -OCH3 is 1. The Balaban J connectivity index is 3.08. The topological polar surface area (TPSA) is 38.3 Å². The number of ether oxygens (including phenoxy) is 1. The smallest absolute Gasteiger partial charge is 0.0577 e. The largest absolute Gasteiger partial charge is 0.384 e. The van der Waals surface area contributed by atoms with Gasteiger partial charge in [-0.05, 0) is 19.5 Å². The number of rotatable bonds is 8. The summed E-state index contributed by atoms with van der Waals surface area (Å²) in [6, 6.07) is 0. The summed E-state index contributed by atoms with van der Waals surface area (Å²) in [5.41, 5.74) is 0. The van der Waals surface area contributed by atoms with Crippen LogP contribution in [-0.2, 0) is 15.5 Å². The Morgan fingerprint density at radius 2 is 2.17 bits per heavy atom. The van der Waals surface area contributed by atoms with E-state index in [9.17, 15) is 4.21 Å². The molecule has 0 spiro atoms. The standard InChI is InChI=1S/C8H19NO2S/c1-3-9-5-4-7-12(10)8-6-11-2/h9H,3-8H2,1-2H3. The molecule has 0 heterocycles. The van der Waals surface area contributed by atoms with E-state index in [4.69, 9.17) is 4.74 Å². The van der Waals surface area contributed by atoms with Gasteiger partial charge >= 0.3 is 0 Å². The third-order valence-corrected chi connectivity index (χ3v) is 2.86. The summed E-state index contributed by atoms with van der Waals surface area (Å²) in [6.07, 6.45) is 0.990. The molecule has 1 atom stereocenters. The van der Waals surface area contributed by atoms with E-state index in [-0.39, 0.29) is 0 Å². The van der Waals surface area contributed by atoms with Crippen LogP contribution in [0.5, 0.6) is 0 Å². The molecule has 74 valence electrons. The van der Waals surface area contributed by atoms with Gasteiger partial charge < -0.3 is 10.1 Å². The Bertz CT molecular complexity index is 120. The third-order valence-electron chi connectivity index (χ3n) is 1.49. The van der Waals surface area contributed by atoms with E-state index in [0.717, 1.165) is 25.3 Å². The maximum Gasteiger partial charge on any atom is 0.0577 e. The fourth-order valence-electron chi connectivity index (χ4n) is 0.813. The zero-order valence-corrected chi connectivity index (χ0v) is 8.78. The van der Waals surface area contributed by atoms with Crippen LogP contribution < -0.4 is 5.32 Å². The minimum atomic E-state index is -0.688. The molecule has 0 amide bonds. The van der Waals surface area contributed by atoms with Crippen LogP contribution in [0.15, 0.2) is 0 Å². The molecule has 0 aromatic rings. The second-order valence-electron chi connectivity index (χ2n) is 2.55. The van der Waals surface area contributed by atoms with E-state index < -0.39 is 10.8 Å². The van der Waals surface area contributed by atoms with Crippen LogP contribution in [0.4, 0.5) is 0 Å². The fourth-order valence-corrected chi connectivity index (χ4v) is 1.84. The Kier molecular flexibility index (Phi) is 9.21. The average molecular weight is 193 g/mol. The Hall–Kier alpha value is 0.0700. The molecular weight excluding hydrogens is 174 g/mol. The van der Waals surface area contributed by atoms with Gasteiger partial charge in [-0.1, -0.05) is 6.92 Å². The van der Waals surface area contributed by atoms with Gasteiger partial charge in [-0.25, -0.2) is 0 Å². The van der Waals surface area contributed by atoms with E-state index >= 15 is 0 Å². The Morgan fingerprint density at radius 1 is 1.42 bits per heavy atom. The van der Waals surface area contributed by atoms with E-state index in [2.05, 4.69) is 12.2 Å². The van der Waals surface area contributed by atoms with Crippen LogP contribution in [-0.4, -0.2) is 42.5 Å². The van der Waals surface area contributed by atoms with Crippen molar-refractivity contribution in [2.24, 2.45) is 0 Å². The first-order chi connectivity index (χ1) is 5.81. The number of hydrogen-bond acceptors (Lipinski definition) is 3. The summed E-state index contributed by atoms with van der Waals surface area (Å²) in [7, 11) is 0.946. The van der Waals surface area contributed by atoms with Crippen molar-refractivity contribution in [2.45, 2.75) is 13.3 Å². The molecule has 1 N–H and O–H groups in total. The molecule has 0 aliphatic heterocycles. The maximum absolute atomic E-state index is 11.2. The second-order valence-corrected chi connectivity index (χ2v) is 4.24. The molecule has 12 heavy (non-hydrogen) atoms. The van der Waals surface area contributed by atoms with E-state index in [1.807, 2.05) is 0 Å². The van der Waals surface area contributed by atoms with Gasteiger partial charge in [0, 0.05) is 29.4 Å². The monoisotopic (exact) mass is 193 g/mol. The van der Waals surface area contributed by atoms with E-state index in [0.29, 0.717) is 12.4 Å². The summed E-state index contributed by atoms with van der Waals surface area (Å²) in [6.45, 7) is 4.63. The predicted octanol–water partition coefficient (Wildman–Crippen LogP) is 0.381. The Labute approximate surface area is 77.3 Å². The van der Waals surface area contributed by atoms with Crippen molar-refractivity contribution in [1.82, 2.24) is 5.32 Å². The van der Waals surface area contributed by atoms with Crippen molar-refractivity contribution in [1.29, 1.82) is 0 Å². The molecule has 3 nitrogen and oxygen atoms in total. The molecule has 0 fully saturated rings. The van der Waals surface area contributed by atoms with Gasteiger partial charge in [0.15, 0.2) is 0 Å². The molecule has 0 aromatic heterocycles. The lowest BCUT2D eigenvalue weighted by Gasteiger charge is -2.01. The summed E-state index contributed by atoms with van der Waals surface area (Å²) >= 11 is 0. The highest BCUT2D eigenvalue weighted by atomic mass is 32.2. The number of nitrogens with one attached hydrogen (secondary N) is 1. The highest BCUT2D eigenvalue weighted by molar-refractivity contribution is 7.84. The van der Waals surface area contributed by atoms with Crippen LogP contribution in [0.1, 0.15) is 13.3 Å². The molecule has 0 radical (unpaired) electrons. The quantitative estimate of drug-likeness (QED) is 0.566. The SMILES string of the molecule is CCNCCCS(=O)CCOC. The fraction of sp³-hybridized carbons (Fsp3) is 1.00. The van der Waals surface area contributed by atoms with Crippen molar-refractivity contribution in [3.8, 4) is 0 Å². The molecule has 0 rings (SSSR count). The van der Waals surface area contributed by atoms with Gasteiger partial charge in [0.1, 0.15) is 0 Å². The minimum Gasteiger partial charge on any atom is -0.384 e. The predicted molar refractivity (Wildman–Crippen MR) is 52.9 cm³/mol. The molecular formula is C8H19NO2S. The normalized spacial score (nSPS) is 13.2. The molecule has 0 aromatic carbocycles. The highest BCUT2D eigenvalue weighted by Crippen LogP contribution is 1.87. The van der Waals surface area contributed by atoms with Gasteiger partial charge in [0.2, 0.25) is 0 Å².